The number of carboxylic acids is 2. The fourth-order valence-electron chi connectivity index (χ4n) is 1.72. The van der Waals surface area contributed by atoms with E-state index in [1.807, 2.05) is 0 Å². The molecule has 0 spiro atoms. The molecule has 0 fully saturated rings. The van der Waals surface area contributed by atoms with Gasteiger partial charge in [-0.3, -0.25) is 0 Å². The number of rotatable bonds is 2. The van der Waals surface area contributed by atoms with E-state index < -0.39 is 58.3 Å². The zero-order valence-electron chi connectivity index (χ0n) is 13.1. The molecular formula is C15H7F8NO4. The minimum atomic E-state index is -4.99. The summed E-state index contributed by atoms with van der Waals surface area (Å²) < 4.78 is 97.9. The van der Waals surface area contributed by atoms with Gasteiger partial charge in [0.2, 0.25) is 0 Å². The van der Waals surface area contributed by atoms with E-state index in [2.05, 4.69) is 4.98 Å². The van der Waals surface area contributed by atoms with Crippen LogP contribution >= 0.6 is 0 Å². The first kappa shape index (κ1) is 22.8. The maximum absolute atomic E-state index is 12.9. The molecule has 2 N–H and O–H groups in total. The second-order valence-electron chi connectivity index (χ2n) is 4.79. The summed E-state index contributed by atoms with van der Waals surface area (Å²) in [4.78, 5) is 23.3. The molecule has 0 saturated carbocycles. The number of pyridine rings is 1. The van der Waals surface area contributed by atoms with Crippen molar-refractivity contribution < 1.29 is 54.9 Å². The number of hydrogen-bond donors (Lipinski definition) is 2. The van der Waals surface area contributed by atoms with Gasteiger partial charge in [-0.2, -0.15) is 26.3 Å². The lowest BCUT2D eigenvalue weighted by Crippen LogP contribution is -2.14. The van der Waals surface area contributed by atoms with E-state index in [0.717, 1.165) is 12.1 Å². The summed E-state index contributed by atoms with van der Waals surface area (Å²) in [6, 6.07) is 2.76. The smallest absolute Gasteiger partial charge is 0.436 e. The molecule has 0 aliphatic heterocycles. The van der Waals surface area contributed by atoms with Crippen molar-refractivity contribution in [1.82, 2.24) is 4.98 Å². The fraction of sp³-hybridized carbons (Fsp3) is 0.133. The van der Waals surface area contributed by atoms with Crippen LogP contribution in [0.5, 0.6) is 0 Å². The van der Waals surface area contributed by atoms with Gasteiger partial charge in [-0.25, -0.2) is 23.4 Å². The van der Waals surface area contributed by atoms with Crippen molar-refractivity contribution in [2.24, 2.45) is 0 Å². The summed E-state index contributed by atoms with van der Waals surface area (Å²) in [5.41, 5.74) is -5.43. The minimum Gasteiger partial charge on any atom is -0.478 e. The van der Waals surface area contributed by atoms with Crippen LogP contribution in [0.25, 0.3) is 0 Å². The van der Waals surface area contributed by atoms with Crippen LogP contribution in [0.1, 0.15) is 32.0 Å². The van der Waals surface area contributed by atoms with E-state index in [1.54, 1.807) is 0 Å². The zero-order chi connectivity index (χ0) is 21.9. The molecular weight excluding hydrogens is 410 g/mol. The van der Waals surface area contributed by atoms with E-state index in [-0.39, 0.29) is 0 Å². The van der Waals surface area contributed by atoms with Gasteiger partial charge in [0.25, 0.3) is 0 Å². The number of halogens is 8. The SMILES string of the molecule is O=C(O)c1cccc(C(F)(F)F)c1F.O=C(O)c1ccnc(C(F)(F)F)c1F. The lowest BCUT2D eigenvalue weighted by Gasteiger charge is -2.08. The van der Waals surface area contributed by atoms with Crippen molar-refractivity contribution in [3.63, 3.8) is 0 Å². The molecule has 1 heterocycles. The van der Waals surface area contributed by atoms with Crippen molar-refractivity contribution in [3.8, 4) is 0 Å². The summed E-state index contributed by atoms with van der Waals surface area (Å²) in [5, 5.41) is 16.7. The molecule has 0 aliphatic rings. The van der Waals surface area contributed by atoms with Crippen molar-refractivity contribution in [3.05, 3.63) is 64.5 Å². The summed E-state index contributed by atoms with van der Waals surface area (Å²) in [6.07, 6.45) is -9.28. The Morgan fingerprint density at radius 1 is 0.786 bits per heavy atom. The second kappa shape index (κ2) is 8.19. The number of benzene rings is 1. The van der Waals surface area contributed by atoms with Gasteiger partial charge in [0, 0.05) is 6.20 Å². The number of nitrogens with zero attached hydrogens (tertiary/aromatic N) is 1. The van der Waals surface area contributed by atoms with Gasteiger partial charge in [0.15, 0.2) is 11.5 Å². The third-order valence-corrected chi connectivity index (χ3v) is 2.92. The Labute approximate surface area is 149 Å². The van der Waals surface area contributed by atoms with Crippen LogP contribution in [-0.4, -0.2) is 27.1 Å². The Hall–Kier alpha value is -3.25. The number of alkyl halides is 6. The molecule has 5 nitrogen and oxygen atoms in total. The van der Waals surface area contributed by atoms with Crippen molar-refractivity contribution >= 4 is 11.9 Å². The van der Waals surface area contributed by atoms with Crippen LogP contribution in [0.15, 0.2) is 30.5 Å². The molecule has 2 aromatic rings. The van der Waals surface area contributed by atoms with Crippen LogP contribution in [0.4, 0.5) is 35.1 Å². The maximum atomic E-state index is 12.9. The number of carboxylic acid groups (broad SMARTS) is 2. The lowest BCUT2D eigenvalue weighted by molar-refractivity contribution is -0.143. The highest BCUT2D eigenvalue weighted by atomic mass is 19.4. The summed E-state index contributed by atoms with van der Waals surface area (Å²) >= 11 is 0. The molecule has 0 bridgehead atoms. The Morgan fingerprint density at radius 2 is 1.29 bits per heavy atom. The lowest BCUT2D eigenvalue weighted by atomic mass is 10.1. The van der Waals surface area contributed by atoms with Crippen LogP contribution in [0, 0.1) is 11.6 Å². The highest BCUT2D eigenvalue weighted by Crippen LogP contribution is 2.32. The van der Waals surface area contributed by atoms with Gasteiger partial charge in [-0.15, -0.1) is 0 Å². The van der Waals surface area contributed by atoms with E-state index >= 15 is 0 Å². The van der Waals surface area contributed by atoms with E-state index in [9.17, 15) is 44.7 Å². The largest absolute Gasteiger partial charge is 0.478 e. The predicted molar refractivity (Wildman–Crippen MR) is 74.5 cm³/mol. The topological polar surface area (TPSA) is 87.5 Å². The highest BCUT2D eigenvalue weighted by Gasteiger charge is 2.38. The molecule has 0 amide bonds. The second-order valence-corrected chi connectivity index (χ2v) is 4.79. The number of aromatic carboxylic acids is 2. The quantitative estimate of drug-likeness (QED) is 0.704. The van der Waals surface area contributed by atoms with E-state index in [1.165, 1.54) is 0 Å². The Morgan fingerprint density at radius 3 is 1.71 bits per heavy atom. The third kappa shape index (κ3) is 5.37. The van der Waals surface area contributed by atoms with Crippen molar-refractivity contribution in [1.29, 1.82) is 0 Å². The van der Waals surface area contributed by atoms with Gasteiger partial charge < -0.3 is 10.2 Å². The molecule has 0 aliphatic carbocycles. The molecule has 0 atom stereocenters. The van der Waals surface area contributed by atoms with E-state index in [4.69, 9.17) is 10.2 Å². The van der Waals surface area contributed by atoms with Crippen LogP contribution < -0.4 is 0 Å². The molecule has 152 valence electrons. The first-order chi connectivity index (χ1) is 12.7. The number of carbonyl (C=O) groups is 2. The van der Waals surface area contributed by atoms with Crippen molar-refractivity contribution in [2.45, 2.75) is 12.4 Å². The summed E-state index contributed by atoms with van der Waals surface area (Å²) in [5.74, 6) is -7.12. The normalized spacial score (nSPS) is 11.4. The van der Waals surface area contributed by atoms with E-state index in [0.29, 0.717) is 18.3 Å². The Bertz CT molecular complexity index is 819. The summed E-state index contributed by atoms with van der Waals surface area (Å²) in [7, 11) is 0. The predicted octanol–water partition coefficient (Wildman–Crippen LogP) is 4.48. The molecule has 2 rings (SSSR count). The van der Waals surface area contributed by atoms with Gasteiger partial charge in [0.1, 0.15) is 5.82 Å². The first-order valence-electron chi connectivity index (χ1n) is 6.72. The molecule has 0 radical (unpaired) electrons. The van der Waals surface area contributed by atoms with Crippen LogP contribution in [0.3, 0.4) is 0 Å². The monoisotopic (exact) mass is 417 g/mol. The molecule has 1 aromatic carbocycles. The Kier molecular flexibility index (Phi) is 6.66. The van der Waals surface area contributed by atoms with Gasteiger partial charge in [-0.1, -0.05) is 6.07 Å². The highest BCUT2D eigenvalue weighted by molar-refractivity contribution is 5.88. The third-order valence-electron chi connectivity index (χ3n) is 2.92. The molecule has 1 aromatic heterocycles. The standard InChI is InChI=1S/C8H4F4O2.C7H3F4NO2/c9-6-4(7(13)14)2-1-3-5(6)8(10,11)12;8-4-3(6(13)14)1-2-12-5(4)7(9,10)11/h1-3H,(H,13,14);1-2H,(H,13,14). The molecule has 0 saturated heterocycles. The van der Waals surface area contributed by atoms with Crippen molar-refractivity contribution in [2.75, 3.05) is 0 Å². The average molecular weight is 417 g/mol. The molecule has 13 heteroatoms. The summed E-state index contributed by atoms with van der Waals surface area (Å²) in [6.45, 7) is 0. The zero-order valence-corrected chi connectivity index (χ0v) is 13.1. The minimum absolute atomic E-state index is 0.488. The number of hydrogen-bond acceptors (Lipinski definition) is 3. The van der Waals surface area contributed by atoms with Gasteiger partial charge in [-0.05, 0) is 18.2 Å². The number of aromatic nitrogens is 1. The first-order valence-corrected chi connectivity index (χ1v) is 6.72. The molecule has 28 heavy (non-hydrogen) atoms. The Balaban J connectivity index is 0.000000280. The fourth-order valence-corrected chi connectivity index (χ4v) is 1.72. The van der Waals surface area contributed by atoms with Crippen LogP contribution in [0.2, 0.25) is 0 Å². The average Bonchev–Trinajstić information content (AvgIpc) is 2.53. The maximum Gasteiger partial charge on any atom is 0.436 e. The van der Waals surface area contributed by atoms with Crippen LogP contribution in [-0.2, 0) is 12.4 Å². The van der Waals surface area contributed by atoms with Gasteiger partial charge >= 0.3 is 24.3 Å². The molecule has 0 unspecified atom stereocenters. The van der Waals surface area contributed by atoms with Gasteiger partial charge in [0.05, 0.1) is 16.7 Å².